The Labute approximate surface area is 437 Å². The number of methoxy groups -OCH3 is 3. The maximum atomic E-state index is 11.7. The predicted molar refractivity (Wildman–Crippen MR) is 294 cm³/mol. The number of esters is 3. The van der Waals surface area contributed by atoms with E-state index >= 15 is 0 Å². The largest absolute Gasteiger partial charge is 0.467 e. The van der Waals surface area contributed by atoms with Crippen LogP contribution in [0.3, 0.4) is 0 Å². The lowest BCUT2D eigenvalue weighted by atomic mass is 10.1. The van der Waals surface area contributed by atoms with E-state index in [1.54, 1.807) is 0 Å². The molecule has 0 fully saturated rings. The monoisotopic (exact) mass is 1010 g/mol. The fourth-order valence-corrected chi connectivity index (χ4v) is 7.91. The molecule has 0 saturated heterocycles. The summed E-state index contributed by atoms with van der Waals surface area (Å²) in [6.45, 7) is 19.7. The van der Waals surface area contributed by atoms with Crippen molar-refractivity contribution in [1.82, 2.24) is 16.0 Å². The molecule has 12 nitrogen and oxygen atoms in total. The van der Waals surface area contributed by atoms with Gasteiger partial charge in [0.25, 0.3) is 0 Å². The molecule has 0 radical (unpaired) electrons. The number of hydrogen-bond donors (Lipinski definition) is 3. The zero-order valence-corrected chi connectivity index (χ0v) is 46.4. The average Bonchev–Trinajstić information content (AvgIpc) is 3.40. The van der Waals surface area contributed by atoms with Crippen LogP contribution < -0.4 is 16.0 Å². The third kappa shape index (κ3) is 32.8. The summed E-state index contributed by atoms with van der Waals surface area (Å²) in [5.74, 6) is -0.943. The standard InChI is InChI=1S/3C20H33NO3/c3*1-4-6-7-8-9-14-21-16-18-12-10-17(11-13-18)15-19(24-5-2)20(22)23-3/h3*10-13,19,21H,4-9,14-16H2,1-3H3. The molecule has 0 spiro atoms. The molecule has 0 aromatic heterocycles. The minimum atomic E-state index is -0.521. The number of hydrogen-bond acceptors (Lipinski definition) is 12. The van der Waals surface area contributed by atoms with Crippen LogP contribution in [0.15, 0.2) is 72.8 Å². The molecule has 0 saturated carbocycles. The molecule has 0 amide bonds. The van der Waals surface area contributed by atoms with Gasteiger partial charge in [-0.25, -0.2) is 14.4 Å². The number of nitrogens with one attached hydrogen (secondary N) is 3. The third-order valence-electron chi connectivity index (χ3n) is 12.2. The van der Waals surface area contributed by atoms with Crippen molar-refractivity contribution in [2.45, 2.75) is 195 Å². The fourth-order valence-electron chi connectivity index (χ4n) is 7.91. The van der Waals surface area contributed by atoms with Crippen molar-refractivity contribution in [1.29, 1.82) is 0 Å². The lowest BCUT2D eigenvalue weighted by Crippen LogP contribution is -2.28. The van der Waals surface area contributed by atoms with Gasteiger partial charge in [0.15, 0.2) is 18.3 Å². The molecule has 0 bridgehead atoms. The van der Waals surface area contributed by atoms with Crippen LogP contribution in [0.4, 0.5) is 0 Å². The van der Waals surface area contributed by atoms with Gasteiger partial charge in [0.05, 0.1) is 21.3 Å². The fraction of sp³-hybridized carbons (Fsp3) is 0.650. The summed E-state index contributed by atoms with van der Waals surface area (Å²) in [5, 5.41) is 10.5. The van der Waals surface area contributed by atoms with Gasteiger partial charge in [-0.2, -0.15) is 0 Å². The van der Waals surface area contributed by atoms with Crippen molar-refractivity contribution in [2.75, 3.05) is 60.8 Å². The Bertz CT molecular complexity index is 1540. The Morgan fingerprint density at radius 1 is 0.347 bits per heavy atom. The molecule has 0 aliphatic rings. The van der Waals surface area contributed by atoms with Gasteiger partial charge >= 0.3 is 17.9 Å². The van der Waals surface area contributed by atoms with E-state index in [2.05, 4.69) is 110 Å². The molecule has 0 aliphatic carbocycles. The Balaban J connectivity index is 0.000000540. The zero-order chi connectivity index (χ0) is 52.9. The van der Waals surface area contributed by atoms with E-state index in [0.29, 0.717) is 39.1 Å². The predicted octanol–water partition coefficient (Wildman–Crippen LogP) is 11.6. The van der Waals surface area contributed by atoms with Crippen LogP contribution in [0, 0.1) is 0 Å². The van der Waals surface area contributed by atoms with E-state index < -0.39 is 18.3 Å². The maximum Gasteiger partial charge on any atom is 0.335 e. The molecule has 3 unspecified atom stereocenters. The van der Waals surface area contributed by atoms with Crippen molar-refractivity contribution >= 4 is 17.9 Å². The Hall–Kier alpha value is -4.17. The van der Waals surface area contributed by atoms with Crippen LogP contribution >= 0.6 is 0 Å². The zero-order valence-electron chi connectivity index (χ0n) is 46.4. The first-order valence-corrected chi connectivity index (χ1v) is 27.6. The van der Waals surface area contributed by atoms with E-state index in [-0.39, 0.29) is 17.9 Å². The SMILES string of the molecule is CCCCCCCNCc1ccc(CC(OCC)C(=O)OC)cc1.CCCCCCCNCc1ccc(CC(OCC)C(=O)OC)cc1.CCCCCCCNCc1ccc(CC(OCC)C(=O)OC)cc1. The average molecular weight is 1010 g/mol. The Morgan fingerprint density at radius 3 is 0.778 bits per heavy atom. The minimum absolute atomic E-state index is 0.314. The molecule has 3 N–H and O–H groups in total. The van der Waals surface area contributed by atoms with E-state index in [1.807, 2.05) is 20.8 Å². The van der Waals surface area contributed by atoms with Crippen molar-refractivity contribution in [3.8, 4) is 0 Å². The normalized spacial score (nSPS) is 12.1. The van der Waals surface area contributed by atoms with Gasteiger partial charge < -0.3 is 44.4 Å². The lowest BCUT2D eigenvalue weighted by molar-refractivity contribution is -0.154. The summed E-state index contributed by atoms with van der Waals surface area (Å²) in [6, 6.07) is 25.0. The van der Waals surface area contributed by atoms with Crippen LogP contribution in [-0.4, -0.2) is 97.0 Å². The highest BCUT2D eigenvalue weighted by molar-refractivity contribution is 5.75. The van der Waals surface area contributed by atoms with Gasteiger partial charge in [-0.3, -0.25) is 0 Å². The van der Waals surface area contributed by atoms with Crippen LogP contribution in [0.5, 0.6) is 0 Å². The number of ether oxygens (including phenoxy) is 6. The molecular formula is C60H99N3O9. The number of benzene rings is 3. The first-order chi connectivity index (χ1) is 35.1. The summed E-state index contributed by atoms with van der Waals surface area (Å²) in [4.78, 5) is 35.1. The van der Waals surface area contributed by atoms with Gasteiger partial charge in [0.1, 0.15) is 0 Å². The highest BCUT2D eigenvalue weighted by Crippen LogP contribution is 2.14. The molecule has 408 valence electrons. The van der Waals surface area contributed by atoms with Crippen molar-refractivity contribution < 1.29 is 42.8 Å². The molecule has 3 rings (SSSR count). The summed E-state index contributed by atoms with van der Waals surface area (Å²) in [5.41, 5.74) is 7.04. The van der Waals surface area contributed by atoms with E-state index in [0.717, 1.165) is 56.0 Å². The van der Waals surface area contributed by atoms with Gasteiger partial charge in [-0.15, -0.1) is 0 Å². The summed E-state index contributed by atoms with van der Waals surface area (Å²) < 4.78 is 30.7. The quantitative estimate of drug-likeness (QED) is 0.0284. The number of unbranched alkanes of at least 4 members (excludes halogenated alkanes) is 12. The second-order valence-electron chi connectivity index (χ2n) is 18.2. The van der Waals surface area contributed by atoms with E-state index in [1.165, 1.54) is 134 Å². The molecule has 3 aromatic rings. The lowest BCUT2D eigenvalue weighted by Gasteiger charge is -2.15. The Kier molecular flexibility index (Phi) is 41.6. The second-order valence-corrected chi connectivity index (χ2v) is 18.2. The highest BCUT2D eigenvalue weighted by atomic mass is 16.6. The van der Waals surface area contributed by atoms with Crippen LogP contribution in [0.2, 0.25) is 0 Å². The number of rotatable bonds is 39. The van der Waals surface area contributed by atoms with Gasteiger partial charge in [-0.05, 0) is 93.0 Å². The molecular weight excluding hydrogens is 907 g/mol. The topological polar surface area (TPSA) is 143 Å². The van der Waals surface area contributed by atoms with Crippen LogP contribution in [0.25, 0.3) is 0 Å². The van der Waals surface area contributed by atoms with E-state index in [4.69, 9.17) is 28.4 Å². The third-order valence-corrected chi connectivity index (χ3v) is 12.2. The summed E-state index contributed by atoms with van der Waals surface area (Å²) in [6.07, 6.45) is 19.7. The summed E-state index contributed by atoms with van der Waals surface area (Å²) >= 11 is 0. The molecule has 0 aliphatic heterocycles. The van der Waals surface area contributed by atoms with Crippen molar-refractivity contribution in [3.05, 3.63) is 106 Å². The maximum absolute atomic E-state index is 11.7. The van der Waals surface area contributed by atoms with Gasteiger partial charge in [0.2, 0.25) is 0 Å². The van der Waals surface area contributed by atoms with E-state index in [9.17, 15) is 14.4 Å². The molecule has 0 heterocycles. The first-order valence-electron chi connectivity index (χ1n) is 27.6. The molecule has 72 heavy (non-hydrogen) atoms. The first kappa shape index (κ1) is 65.8. The smallest absolute Gasteiger partial charge is 0.335 e. The van der Waals surface area contributed by atoms with Crippen molar-refractivity contribution in [2.24, 2.45) is 0 Å². The Morgan fingerprint density at radius 2 is 0.569 bits per heavy atom. The van der Waals surface area contributed by atoms with Gasteiger partial charge in [0, 0.05) is 58.7 Å². The molecule has 3 aromatic carbocycles. The number of carbonyl (C=O) groups is 3. The molecule has 3 atom stereocenters. The van der Waals surface area contributed by atoms with Crippen LogP contribution in [-0.2, 0) is 81.7 Å². The van der Waals surface area contributed by atoms with Crippen LogP contribution in [0.1, 0.15) is 171 Å². The minimum Gasteiger partial charge on any atom is -0.467 e. The van der Waals surface area contributed by atoms with Gasteiger partial charge in [-0.1, -0.05) is 171 Å². The highest BCUT2D eigenvalue weighted by Gasteiger charge is 2.21. The van der Waals surface area contributed by atoms with Crippen molar-refractivity contribution in [3.63, 3.8) is 0 Å². The summed E-state index contributed by atoms with van der Waals surface area (Å²) in [7, 11) is 4.18. The number of carbonyl (C=O) groups excluding carboxylic acids is 3. The second kappa shape index (κ2) is 45.4. The molecule has 12 heteroatoms.